The highest BCUT2D eigenvalue weighted by molar-refractivity contribution is 14.0. The third kappa shape index (κ3) is 7.95. The van der Waals surface area contributed by atoms with Crippen LogP contribution in [0.3, 0.4) is 0 Å². The topological polar surface area (TPSA) is 20.3 Å². The molecule has 0 aromatic rings. The van der Waals surface area contributed by atoms with Crippen LogP contribution in [0.4, 0.5) is 0 Å². The molecule has 0 aromatic heterocycles. The van der Waals surface area contributed by atoms with Gasteiger partial charge in [-0.25, -0.2) is 0 Å². The molecule has 0 rings (SSSR count). The zero-order valence-corrected chi connectivity index (χ0v) is 15.8. The number of halogens is 1. The molecule has 0 atom stereocenters. The van der Waals surface area contributed by atoms with Gasteiger partial charge in [0, 0.05) is 17.7 Å². The van der Waals surface area contributed by atoms with Gasteiger partial charge in [-0.15, -0.1) is 24.0 Å². The summed E-state index contributed by atoms with van der Waals surface area (Å²) in [5.74, 6) is 0.0936. The Labute approximate surface area is 137 Å². The molecule has 0 heterocycles. The van der Waals surface area contributed by atoms with Gasteiger partial charge in [-0.1, -0.05) is 45.6 Å². The third-order valence-electron chi connectivity index (χ3n) is 3.55. The van der Waals surface area contributed by atoms with Crippen LogP contribution in [0.2, 0.25) is 0 Å². The summed E-state index contributed by atoms with van der Waals surface area (Å²) in [7, 11) is 0. The molecule has 2 nitrogen and oxygen atoms in total. The van der Waals surface area contributed by atoms with Crippen molar-refractivity contribution in [2.45, 2.75) is 78.7 Å². The number of likely N-dealkylation sites (N-methyl/N-ethyl adjacent to an activating group) is 1. The fourth-order valence-electron chi connectivity index (χ4n) is 2.37. The maximum absolute atomic E-state index is 12.1. The van der Waals surface area contributed by atoms with E-state index in [0.717, 1.165) is 13.0 Å². The first kappa shape index (κ1) is 21.2. The van der Waals surface area contributed by atoms with Gasteiger partial charge in [-0.05, 0) is 34.1 Å². The molecule has 0 radical (unpaired) electrons. The first-order chi connectivity index (χ1) is 8.36. The number of hydrogen-bond donors (Lipinski definition) is 0. The summed E-state index contributed by atoms with van der Waals surface area (Å²) < 4.78 is 0. The summed E-state index contributed by atoms with van der Waals surface area (Å²) in [6.07, 6.45) is 7.46. The van der Waals surface area contributed by atoms with Gasteiger partial charge in [-0.2, -0.15) is 0 Å². The maximum Gasteiger partial charge on any atom is 0.249 e. The lowest BCUT2D eigenvalue weighted by Crippen LogP contribution is -2.47. The van der Waals surface area contributed by atoms with Crippen molar-refractivity contribution < 1.29 is 4.79 Å². The molecule has 0 aliphatic rings. The number of amides is 1. The maximum atomic E-state index is 12.1. The van der Waals surface area contributed by atoms with E-state index in [9.17, 15) is 4.79 Å². The number of hydrogen-bond acceptors (Lipinski definition) is 1. The molecule has 0 N–H and O–H groups in total. The normalized spacial score (nSPS) is 10.8. The van der Waals surface area contributed by atoms with Gasteiger partial charge in [0.1, 0.15) is 0 Å². The number of rotatable bonds is 9. The lowest BCUT2D eigenvalue weighted by atomic mass is 9.93. The second kappa shape index (κ2) is 10.7. The minimum Gasteiger partial charge on any atom is -0.334 e. The van der Waals surface area contributed by atoms with Gasteiger partial charge in [-0.3, -0.25) is 4.79 Å². The van der Waals surface area contributed by atoms with E-state index in [0.29, 0.717) is 5.57 Å². The summed E-state index contributed by atoms with van der Waals surface area (Å²) in [5.41, 5.74) is 0.577. The monoisotopic (exact) mass is 381 g/mol. The fourth-order valence-corrected chi connectivity index (χ4v) is 2.37. The van der Waals surface area contributed by atoms with Crippen molar-refractivity contribution in [3.63, 3.8) is 0 Å². The third-order valence-corrected chi connectivity index (χ3v) is 3.55. The van der Waals surface area contributed by atoms with Gasteiger partial charge in [0.15, 0.2) is 0 Å². The number of unbranched alkanes of at least 4 members (excludes halogenated alkanes) is 4. The van der Waals surface area contributed by atoms with Gasteiger partial charge in [0.2, 0.25) is 5.91 Å². The number of carbonyl (C=O) groups excluding carboxylic acids is 1. The lowest BCUT2D eigenvalue weighted by molar-refractivity contribution is -0.132. The van der Waals surface area contributed by atoms with E-state index in [1.165, 1.54) is 32.1 Å². The highest BCUT2D eigenvalue weighted by Crippen LogP contribution is 2.23. The first-order valence-corrected chi connectivity index (χ1v) is 7.34. The van der Waals surface area contributed by atoms with Crippen molar-refractivity contribution in [2.75, 3.05) is 6.54 Å². The second-order valence-corrected chi connectivity index (χ2v) is 5.81. The molecule has 0 bridgehead atoms. The zero-order valence-electron chi connectivity index (χ0n) is 13.4. The van der Waals surface area contributed by atoms with Crippen LogP contribution in [0.5, 0.6) is 0 Å². The molecule has 0 fully saturated rings. The van der Waals surface area contributed by atoms with Crippen molar-refractivity contribution in [2.24, 2.45) is 0 Å². The summed E-state index contributed by atoms with van der Waals surface area (Å²) >= 11 is 0. The van der Waals surface area contributed by atoms with Gasteiger partial charge >= 0.3 is 0 Å². The highest BCUT2D eigenvalue weighted by atomic mass is 127. The standard InChI is InChI=1S/C16H31NO.HI/c1-7-9-10-11-12-13-16(5,6)17(8-2)15(18)14(3)4;/h3,7-13H2,1-2,4-6H3;1H. The average molecular weight is 381 g/mol. The SMILES string of the molecule is C=C(C)C(=O)N(CC)C(C)(C)CCCCCCC.I. The number of carbonyl (C=O) groups is 1. The molecular weight excluding hydrogens is 349 g/mol. The average Bonchev–Trinajstić information content (AvgIpc) is 2.28. The molecule has 0 aliphatic heterocycles. The summed E-state index contributed by atoms with van der Waals surface area (Å²) in [6, 6.07) is 0. The van der Waals surface area contributed by atoms with Crippen LogP contribution < -0.4 is 0 Å². The largest absolute Gasteiger partial charge is 0.334 e. The minimum absolute atomic E-state index is 0. The van der Waals surface area contributed by atoms with E-state index in [2.05, 4.69) is 27.4 Å². The molecule has 19 heavy (non-hydrogen) atoms. The predicted octanol–water partition coefficient (Wildman–Crippen LogP) is 5.17. The summed E-state index contributed by atoms with van der Waals surface area (Å²) in [6.45, 7) is 14.9. The zero-order chi connectivity index (χ0) is 14.2. The van der Waals surface area contributed by atoms with Crippen molar-refractivity contribution in [3.05, 3.63) is 12.2 Å². The first-order valence-electron chi connectivity index (χ1n) is 7.34. The molecule has 0 saturated carbocycles. The van der Waals surface area contributed by atoms with Crippen LogP contribution in [0.1, 0.15) is 73.1 Å². The molecule has 0 aromatic carbocycles. The molecular formula is C16H32INO. The van der Waals surface area contributed by atoms with E-state index >= 15 is 0 Å². The van der Waals surface area contributed by atoms with Crippen LogP contribution >= 0.6 is 24.0 Å². The smallest absolute Gasteiger partial charge is 0.249 e. The molecule has 1 amide bonds. The highest BCUT2D eigenvalue weighted by Gasteiger charge is 2.29. The Hall–Kier alpha value is -0.0600. The Morgan fingerprint density at radius 2 is 1.63 bits per heavy atom. The Morgan fingerprint density at radius 3 is 2.05 bits per heavy atom. The Bertz CT molecular complexity index is 274. The minimum atomic E-state index is -0.0585. The van der Waals surface area contributed by atoms with E-state index in [1.54, 1.807) is 6.92 Å². The second-order valence-electron chi connectivity index (χ2n) is 5.81. The summed E-state index contributed by atoms with van der Waals surface area (Å²) in [5, 5.41) is 0. The predicted molar refractivity (Wildman–Crippen MR) is 95.1 cm³/mol. The van der Waals surface area contributed by atoms with Crippen molar-refractivity contribution in [3.8, 4) is 0 Å². The van der Waals surface area contributed by atoms with Crippen molar-refractivity contribution in [1.29, 1.82) is 0 Å². The molecule has 3 heteroatoms. The Balaban J connectivity index is 0. The summed E-state index contributed by atoms with van der Waals surface area (Å²) in [4.78, 5) is 14.0. The molecule has 0 aliphatic carbocycles. The lowest BCUT2D eigenvalue weighted by Gasteiger charge is -2.38. The molecule has 0 saturated heterocycles. The van der Waals surface area contributed by atoms with E-state index < -0.39 is 0 Å². The van der Waals surface area contributed by atoms with Crippen LogP contribution in [-0.4, -0.2) is 22.9 Å². The van der Waals surface area contributed by atoms with E-state index in [-0.39, 0.29) is 35.4 Å². The molecule has 0 spiro atoms. The van der Waals surface area contributed by atoms with Gasteiger partial charge in [0.25, 0.3) is 0 Å². The van der Waals surface area contributed by atoms with E-state index in [4.69, 9.17) is 0 Å². The van der Waals surface area contributed by atoms with Crippen molar-refractivity contribution in [1.82, 2.24) is 4.90 Å². The Morgan fingerprint density at radius 1 is 1.11 bits per heavy atom. The van der Waals surface area contributed by atoms with Crippen LogP contribution in [0.25, 0.3) is 0 Å². The van der Waals surface area contributed by atoms with Gasteiger partial charge in [0.05, 0.1) is 0 Å². The van der Waals surface area contributed by atoms with Crippen LogP contribution in [0.15, 0.2) is 12.2 Å². The van der Waals surface area contributed by atoms with Crippen LogP contribution in [-0.2, 0) is 4.79 Å². The quantitative estimate of drug-likeness (QED) is 0.307. The van der Waals surface area contributed by atoms with Crippen LogP contribution in [0, 0.1) is 0 Å². The fraction of sp³-hybridized carbons (Fsp3) is 0.812. The van der Waals surface area contributed by atoms with E-state index in [1.807, 2.05) is 11.8 Å². The molecule has 114 valence electrons. The number of nitrogens with zero attached hydrogens (tertiary/aromatic N) is 1. The van der Waals surface area contributed by atoms with Gasteiger partial charge < -0.3 is 4.90 Å². The molecule has 0 unspecified atom stereocenters. The van der Waals surface area contributed by atoms with Crippen molar-refractivity contribution >= 4 is 29.9 Å². The Kier molecular flexibility index (Phi) is 12.0.